The van der Waals surface area contributed by atoms with Gasteiger partial charge < -0.3 is 14.2 Å². The minimum Gasteiger partial charge on any atom is -0.462 e. The van der Waals surface area contributed by atoms with Crippen molar-refractivity contribution in [1.82, 2.24) is 0 Å². The number of hydrogen-bond acceptors (Lipinski definition) is 6. The lowest BCUT2D eigenvalue weighted by atomic mass is 10.0. The molecule has 0 heterocycles. The molecule has 0 aromatic carbocycles. The normalized spacial score (nSPS) is 12.7. The Morgan fingerprint density at radius 1 is 0.259 bits per heavy atom. The van der Waals surface area contributed by atoms with Crippen molar-refractivity contribution in [2.24, 2.45) is 0 Å². The molecule has 0 saturated carbocycles. The van der Waals surface area contributed by atoms with Crippen molar-refractivity contribution in [1.29, 1.82) is 0 Å². The molecule has 0 aliphatic rings. The number of esters is 3. The predicted octanol–water partition coefficient (Wildman–Crippen LogP) is 24.0. The van der Waals surface area contributed by atoms with Crippen molar-refractivity contribution in [3.8, 4) is 0 Å². The summed E-state index contributed by atoms with van der Waals surface area (Å²) in [4.78, 5) is 38.4. The number of carbonyl (C=O) groups is 3. The average molecular weight is 1130 g/mol. The van der Waals surface area contributed by atoms with Crippen molar-refractivity contribution in [3.05, 3.63) is 97.2 Å². The van der Waals surface area contributed by atoms with Crippen LogP contribution in [0.4, 0.5) is 0 Å². The molecule has 0 rings (SSSR count). The van der Waals surface area contributed by atoms with Gasteiger partial charge in [0.15, 0.2) is 6.10 Å². The van der Waals surface area contributed by atoms with E-state index in [4.69, 9.17) is 14.2 Å². The second-order valence-corrected chi connectivity index (χ2v) is 23.1. The molecular formula is C75H130O6. The molecule has 0 fully saturated rings. The van der Waals surface area contributed by atoms with Crippen molar-refractivity contribution in [2.75, 3.05) is 13.2 Å². The Labute approximate surface area is 502 Å². The van der Waals surface area contributed by atoms with Gasteiger partial charge in [-0.25, -0.2) is 0 Å². The third-order valence-corrected chi connectivity index (χ3v) is 15.0. The van der Waals surface area contributed by atoms with Gasteiger partial charge in [-0.05, 0) is 122 Å². The summed E-state index contributed by atoms with van der Waals surface area (Å²) in [5.74, 6) is -0.890. The second-order valence-electron chi connectivity index (χ2n) is 23.1. The molecule has 0 radical (unpaired) electrons. The van der Waals surface area contributed by atoms with Crippen LogP contribution in [0.15, 0.2) is 97.2 Å². The minimum absolute atomic E-state index is 0.0829. The molecule has 0 aliphatic carbocycles. The topological polar surface area (TPSA) is 78.9 Å². The Bertz CT molecular complexity index is 1580. The van der Waals surface area contributed by atoms with Crippen LogP contribution in [0.2, 0.25) is 0 Å². The van der Waals surface area contributed by atoms with E-state index in [1.807, 2.05) is 0 Å². The summed E-state index contributed by atoms with van der Waals surface area (Å²) in [7, 11) is 0. The van der Waals surface area contributed by atoms with Gasteiger partial charge in [0.05, 0.1) is 0 Å². The molecule has 0 aromatic heterocycles. The summed E-state index contributed by atoms with van der Waals surface area (Å²) in [6.07, 6.45) is 92.8. The van der Waals surface area contributed by atoms with E-state index in [1.54, 1.807) is 0 Å². The van der Waals surface area contributed by atoms with Crippen molar-refractivity contribution < 1.29 is 28.6 Å². The van der Waals surface area contributed by atoms with E-state index in [9.17, 15) is 14.4 Å². The van der Waals surface area contributed by atoms with Gasteiger partial charge in [-0.1, -0.05) is 298 Å². The number of carbonyl (C=O) groups excluding carboxylic acids is 3. The molecule has 0 aliphatic heterocycles. The summed E-state index contributed by atoms with van der Waals surface area (Å²) in [5, 5.41) is 0. The van der Waals surface area contributed by atoms with Crippen LogP contribution in [-0.2, 0) is 28.6 Å². The molecule has 466 valence electrons. The van der Waals surface area contributed by atoms with Crippen LogP contribution in [0.3, 0.4) is 0 Å². The lowest BCUT2D eigenvalue weighted by molar-refractivity contribution is -0.167. The molecule has 0 bridgehead atoms. The maximum absolute atomic E-state index is 12.9. The predicted molar refractivity (Wildman–Crippen MR) is 353 cm³/mol. The number of ether oxygens (including phenoxy) is 3. The van der Waals surface area contributed by atoms with Crippen LogP contribution in [0, 0.1) is 0 Å². The van der Waals surface area contributed by atoms with Gasteiger partial charge >= 0.3 is 17.9 Å². The first-order valence-corrected chi connectivity index (χ1v) is 34.7. The monoisotopic (exact) mass is 1130 g/mol. The van der Waals surface area contributed by atoms with Gasteiger partial charge in [-0.3, -0.25) is 14.4 Å². The lowest BCUT2D eigenvalue weighted by Gasteiger charge is -2.18. The third kappa shape index (κ3) is 67.0. The number of allylic oxidation sites excluding steroid dienone is 16. The zero-order valence-corrected chi connectivity index (χ0v) is 53.5. The van der Waals surface area contributed by atoms with Gasteiger partial charge in [0.1, 0.15) is 13.2 Å². The Morgan fingerprint density at radius 3 is 0.753 bits per heavy atom. The third-order valence-electron chi connectivity index (χ3n) is 15.0. The highest BCUT2D eigenvalue weighted by Gasteiger charge is 2.19. The summed E-state index contributed by atoms with van der Waals surface area (Å²) < 4.78 is 17.0. The molecule has 0 amide bonds. The Hall–Kier alpha value is -3.67. The van der Waals surface area contributed by atoms with Gasteiger partial charge in [-0.2, -0.15) is 0 Å². The highest BCUT2D eigenvalue weighted by molar-refractivity contribution is 5.71. The van der Waals surface area contributed by atoms with Crippen molar-refractivity contribution >= 4 is 17.9 Å². The molecule has 1 atom stereocenters. The zero-order chi connectivity index (χ0) is 58.5. The largest absolute Gasteiger partial charge is 0.462 e. The van der Waals surface area contributed by atoms with E-state index in [1.165, 1.54) is 186 Å². The van der Waals surface area contributed by atoms with E-state index in [0.717, 1.165) is 116 Å². The van der Waals surface area contributed by atoms with E-state index in [-0.39, 0.29) is 31.1 Å². The Kier molecular flexibility index (Phi) is 65.7. The fourth-order valence-electron chi connectivity index (χ4n) is 9.85. The van der Waals surface area contributed by atoms with E-state index < -0.39 is 6.10 Å². The summed E-state index contributed by atoms with van der Waals surface area (Å²) in [5.41, 5.74) is 0. The standard InChI is InChI=1S/C75H130O6/c1-4-7-10-13-16-19-22-25-28-31-33-34-35-36-37-38-39-40-41-42-43-45-47-50-53-56-59-62-65-68-74(77)80-71-72(70-79-73(76)67-64-61-58-55-52-49-46-30-27-24-21-18-15-12-9-6-3)81-75(78)69-66-63-60-57-54-51-48-44-32-29-26-23-20-17-14-11-8-5-2/h7,10,16,19-21,23-25,28-30,32-34,46,72H,4-6,8-9,11-15,17-18,22,26-27,31,35-45,47-71H2,1-3H3/b10-7-,19-16-,23-20-,24-21-,28-25-,32-29-,34-33-,46-30-. The van der Waals surface area contributed by atoms with E-state index >= 15 is 0 Å². The Balaban J connectivity index is 4.29. The first-order chi connectivity index (χ1) is 40.0. The maximum Gasteiger partial charge on any atom is 0.306 e. The zero-order valence-electron chi connectivity index (χ0n) is 53.5. The first-order valence-electron chi connectivity index (χ1n) is 34.7. The lowest BCUT2D eigenvalue weighted by Crippen LogP contribution is -2.30. The van der Waals surface area contributed by atoms with Gasteiger partial charge in [-0.15, -0.1) is 0 Å². The highest BCUT2D eigenvalue weighted by atomic mass is 16.6. The van der Waals surface area contributed by atoms with Crippen molar-refractivity contribution in [3.63, 3.8) is 0 Å². The van der Waals surface area contributed by atoms with E-state index in [0.29, 0.717) is 19.3 Å². The highest BCUT2D eigenvalue weighted by Crippen LogP contribution is 2.17. The molecule has 0 aromatic rings. The van der Waals surface area contributed by atoms with Crippen LogP contribution < -0.4 is 0 Å². The molecular weight excluding hydrogens is 997 g/mol. The second kappa shape index (κ2) is 68.8. The summed E-state index contributed by atoms with van der Waals surface area (Å²) >= 11 is 0. The molecule has 0 N–H and O–H groups in total. The number of hydrogen-bond donors (Lipinski definition) is 0. The summed E-state index contributed by atoms with van der Waals surface area (Å²) in [6, 6.07) is 0. The molecule has 81 heavy (non-hydrogen) atoms. The summed E-state index contributed by atoms with van der Waals surface area (Å²) in [6.45, 7) is 6.51. The quantitative estimate of drug-likeness (QED) is 0.0261. The molecule has 6 nitrogen and oxygen atoms in total. The first kappa shape index (κ1) is 77.3. The van der Waals surface area contributed by atoms with E-state index in [2.05, 4.69) is 118 Å². The number of rotatable bonds is 63. The van der Waals surface area contributed by atoms with Gasteiger partial charge in [0, 0.05) is 19.3 Å². The van der Waals surface area contributed by atoms with Crippen molar-refractivity contribution in [2.45, 2.75) is 348 Å². The van der Waals surface area contributed by atoms with Crippen LogP contribution in [0.5, 0.6) is 0 Å². The molecule has 1 unspecified atom stereocenters. The molecule has 0 saturated heterocycles. The fourth-order valence-corrected chi connectivity index (χ4v) is 9.85. The molecule has 6 heteroatoms. The van der Waals surface area contributed by atoms with Crippen LogP contribution >= 0.6 is 0 Å². The number of unbranched alkanes of at least 4 members (excludes halogenated alkanes) is 36. The smallest absolute Gasteiger partial charge is 0.306 e. The average Bonchev–Trinajstić information content (AvgIpc) is 3.47. The fraction of sp³-hybridized carbons (Fsp3) is 0.747. The van der Waals surface area contributed by atoms with Gasteiger partial charge in [0.25, 0.3) is 0 Å². The Morgan fingerprint density at radius 2 is 0.481 bits per heavy atom. The minimum atomic E-state index is -0.789. The SMILES string of the molecule is CC/C=C\C/C=C\C/C=C\C/C=C\CCCCCCCCCCCCCCCCCCC(=O)OCC(COC(=O)CCCCCCC/C=C\C/C=C\CCCCCC)OC(=O)CCCCCCCCC/C=C\C/C=C\CCCCCC. The van der Waals surface area contributed by atoms with Crippen LogP contribution in [-0.4, -0.2) is 37.2 Å². The maximum atomic E-state index is 12.9. The van der Waals surface area contributed by atoms with Crippen LogP contribution in [0.25, 0.3) is 0 Å². The molecule has 0 spiro atoms. The van der Waals surface area contributed by atoms with Gasteiger partial charge in [0.2, 0.25) is 0 Å². The van der Waals surface area contributed by atoms with Crippen LogP contribution in [0.1, 0.15) is 342 Å².